The normalized spacial score (nSPS) is 11.1. The number of nitrogens with zero attached hydrogens (tertiary/aromatic N) is 3. The monoisotopic (exact) mass is 512 g/mol. The minimum atomic E-state index is -4.68. The molecule has 0 aliphatic heterocycles. The van der Waals surface area contributed by atoms with Crippen LogP contribution in [0.2, 0.25) is 0 Å². The largest absolute Gasteiger partial charge is 0.456 e. The fraction of sp³-hybridized carbons (Fsp3) is 0.120. The molecule has 4 rings (SSSR count). The minimum Gasteiger partial charge on any atom is -0.456 e. The Morgan fingerprint density at radius 3 is 2.51 bits per heavy atom. The molecule has 4 aromatic rings. The predicted molar refractivity (Wildman–Crippen MR) is 130 cm³/mol. The van der Waals surface area contributed by atoms with E-state index < -0.39 is 29.3 Å². The second-order valence-electron chi connectivity index (χ2n) is 7.74. The highest BCUT2D eigenvalue weighted by molar-refractivity contribution is 6.00. The molecule has 3 N–H and O–H groups in total. The number of carbonyl (C=O) groups is 1. The van der Waals surface area contributed by atoms with Crippen molar-refractivity contribution in [1.82, 2.24) is 15.0 Å². The second-order valence-corrected chi connectivity index (χ2v) is 7.74. The van der Waals surface area contributed by atoms with Crippen molar-refractivity contribution in [3.05, 3.63) is 84.1 Å². The van der Waals surface area contributed by atoms with Gasteiger partial charge < -0.3 is 20.7 Å². The van der Waals surface area contributed by atoms with Crippen LogP contribution in [0.1, 0.15) is 11.1 Å². The van der Waals surface area contributed by atoms with E-state index in [4.69, 9.17) is 4.74 Å². The summed E-state index contributed by atoms with van der Waals surface area (Å²) in [4.78, 5) is 25.0. The van der Waals surface area contributed by atoms with Gasteiger partial charge in [-0.15, -0.1) is 0 Å². The Bertz CT molecular complexity index is 1450. The standard InChI is InChI=1S/C25H20F4N6O2/c1-14-11-16(33-24(36)35-20-12-15(25(27,28)29)3-5-18(20)26)4-6-21(14)37-22-8-9-31-13-17(22)19-7-10-32-23(30-2)34-19/h3-13H,1-2H3,(H,30,32,34)(H2,33,35,36). The van der Waals surface area contributed by atoms with Gasteiger partial charge in [0.2, 0.25) is 5.95 Å². The summed E-state index contributed by atoms with van der Waals surface area (Å²) in [7, 11) is 1.70. The number of ether oxygens (including phenoxy) is 1. The Hall–Kier alpha value is -4.74. The van der Waals surface area contributed by atoms with E-state index in [1.807, 2.05) is 0 Å². The van der Waals surface area contributed by atoms with Crippen LogP contribution in [0.15, 0.2) is 67.1 Å². The molecule has 2 aromatic heterocycles. The van der Waals surface area contributed by atoms with Crippen LogP contribution >= 0.6 is 0 Å². The van der Waals surface area contributed by atoms with Crippen molar-refractivity contribution >= 4 is 23.4 Å². The number of benzene rings is 2. The number of anilines is 3. The summed E-state index contributed by atoms with van der Waals surface area (Å²) in [6.07, 6.45) is 0.110. The SMILES string of the molecule is CNc1nccc(-c2cnccc2Oc2ccc(NC(=O)Nc3cc(C(F)(F)F)ccc3F)cc2C)n1. The maximum Gasteiger partial charge on any atom is 0.416 e. The molecule has 0 spiro atoms. The van der Waals surface area contributed by atoms with Gasteiger partial charge in [-0.05, 0) is 61.0 Å². The number of hydrogen-bond acceptors (Lipinski definition) is 6. The van der Waals surface area contributed by atoms with E-state index in [0.717, 1.165) is 0 Å². The summed E-state index contributed by atoms with van der Waals surface area (Å²) in [5, 5.41) is 7.44. The van der Waals surface area contributed by atoms with Crippen LogP contribution in [-0.4, -0.2) is 28.0 Å². The molecular formula is C25H20F4N6O2. The number of amides is 2. The number of urea groups is 1. The lowest BCUT2D eigenvalue weighted by atomic mass is 10.1. The van der Waals surface area contributed by atoms with Gasteiger partial charge in [-0.25, -0.2) is 19.2 Å². The van der Waals surface area contributed by atoms with Gasteiger partial charge in [-0.1, -0.05) is 0 Å². The van der Waals surface area contributed by atoms with Crippen LogP contribution < -0.4 is 20.7 Å². The van der Waals surface area contributed by atoms with Gasteiger partial charge in [0.15, 0.2) is 0 Å². The zero-order valence-electron chi connectivity index (χ0n) is 19.5. The number of pyridine rings is 1. The fourth-order valence-electron chi connectivity index (χ4n) is 3.33. The maximum absolute atomic E-state index is 13.9. The van der Waals surface area contributed by atoms with Gasteiger partial charge in [-0.3, -0.25) is 4.98 Å². The summed E-state index contributed by atoms with van der Waals surface area (Å²) < 4.78 is 58.7. The van der Waals surface area contributed by atoms with Crippen LogP contribution in [0, 0.1) is 12.7 Å². The van der Waals surface area contributed by atoms with Crippen LogP contribution in [0.5, 0.6) is 11.5 Å². The Morgan fingerprint density at radius 2 is 1.78 bits per heavy atom. The number of halogens is 4. The summed E-state index contributed by atoms with van der Waals surface area (Å²) in [5.74, 6) is 0.395. The number of nitrogens with one attached hydrogen (secondary N) is 3. The van der Waals surface area contributed by atoms with E-state index in [1.54, 1.807) is 56.8 Å². The van der Waals surface area contributed by atoms with Crippen molar-refractivity contribution in [3.63, 3.8) is 0 Å². The Morgan fingerprint density at radius 1 is 0.973 bits per heavy atom. The van der Waals surface area contributed by atoms with E-state index in [0.29, 0.717) is 58.2 Å². The van der Waals surface area contributed by atoms with Gasteiger partial charge in [0.05, 0.1) is 22.5 Å². The van der Waals surface area contributed by atoms with Gasteiger partial charge in [-0.2, -0.15) is 13.2 Å². The molecule has 37 heavy (non-hydrogen) atoms. The number of hydrogen-bond donors (Lipinski definition) is 3. The first-order valence-corrected chi connectivity index (χ1v) is 10.8. The molecule has 0 aliphatic rings. The van der Waals surface area contributed by atoms with Crippen LogP contribution in [0.4, 0.5) is 39.7 Å². The summed E-state index contributed by atoms with van der Waals surface area (Å²) in [6, 6.07) is 9.00. The third-order valence-corrected chi connectivity index (χ3v) is 5.13. The number of alkyl halides is 3. The van der Waals surface area contributed by atoms with Crippen molar-refractivity contribution in [2.75, 3.05) is 23.0 Å². The lowest BCUT2D eigenvalue weighted by Gasteiger charge is -2.14. The van der Waals surface area contributed by atoms with Crippen LogP contribution in [0.25, 0.3) is 11.3 Å². The van der Waals surface area contributed by atoms with Gasteiger partial charge >= 0.3 is 12.2 Å². The Balaban J connectivity index is 1.49. The number of carbonyl (C=O) groups excluding carboxylic acids is 1. The van der Waals surface area contributed by atoms with E-state index in [2.05, 4.69) is 30.9 Å². The molecule has 8 nitrogen and oxygen atoms in total. The highest BCUT2D eigenvalue weighted by Crippen LogP contribution is 2.34. The molecule has 2 aromatic carbocycles. The van der Waals surface area contributed by atoms with Crippen LogP contribution in [-0.2, 0) is 6.18 Å². The van der Waals surface area contributed by atoms with E-state index in [9.17, 15) is 22.4 Å². The molecule has 12 heteroatoms. The molecule has 190 valence electrons. The minimum absolute atomic E-state index is 0.319. The predicted octanol–water partition coefficient (Wildman–Crippen LogP) is 6.48. The first-order valence-electron chi connectivity index (χ1n) is 10.8. The van der Waals surface area contributed by atoms with Crippen molar-refractivity contribution in [1.29, 1.82) is 0 Å². The fourth-order valence-corrected chi connectivity index (χ4v) is 3.33. The molecule has 0 saturated heterocycles. The average Bonchev–Trinajstić information content (AvgIpc) is 2.86. The smallest absolute Gasteiger partial charge is 0.416 e. The van der Waals surface area contributed by atoms with E-state index in [1.165, 1.54) is 6.07 Å². The first-order chi connectivity index (χ1) is 17.6. The maximum atomic E-state index is 13.9. The van der Waals surface area contributed by atoms with E-state index >= 15 is 0 Å². The number of rotatable bonds is 6. The molecule has 2 amide bonds. The highest BCUT2D eigenvalue weighted by atomic mass is 19.4. The van der Waals surface area contributed by atoms with E-state index in [-0.39, 0.29) is 0 Å². The van der Waals surface area contributed by atoms with Gasteiger partial charge in [0.1, 0.15) is 17.3 Å². The zero-order valence-corrected chi connectivity index (χ0v) is 19.5. The molecule has 2 heterocycles. The number of aromatic nitrogens is 3. The van der Waals surface area contributed by atoms with Crippen molar-refractivity contribution < 1.29 is 27.1 Å². The zero-order chi connectivity index (χ0) is 26.6. The lowest BCUT2D eigenvalue weighted by Crippen LogP contribution is -2.20. The van der Waals surface area contributed by atoms with Crippen LogP contribution in [0.3, 0.4) is 0 Å². The molecular weight excluding hydrogens is 492 g/mol. The highest BCUT2D eigenvalue weighted by Gasteiger charge is 2.31. The van der Waals surface area contributed by atoms with Gasteiger partial charge in [0.25, 0.3) is 0 Å². The summed E-state index contributed by atoms with van der Waals surface area (Å²) in [6.45, 7) is 1.75. The molecule has 0 saturated carbocycles. The first kappa shape index (κ1) is 25.4. The molecule has 0 radical (unpaired) electrons. The molecule has 0 unspecified atom stereocenters. The second kappa shape index (κ2) is 10.5. The lowest BCUT2D eigenvalue weighted by molar-refractivity contribution is -0.137. The molecule has 0 bridgehead atoms. The van der Waals surface area contributed by atoms with Crippen molar-refractivity contribution in [3.8, 4) is 22.8 Å². The van der Waals surface area contributed by atoms with Gasteiger partial charge in [0, 0.05) is 31.3 Å². The van der Waals surface area contributed by atoms with Crippen molar-refractivity contribution in [2.24, 2.45) is 0 Å². The molecule has 0 fully saturated rings. The molecule has 0 atom stereocenters. The topological polar surface area (TPSA) is 101 Å². The number of aryl methyl sites for hydroxylation is 1. The summed E-state index contributed by atoms with van der Waals surface area (Å²) >= 11 is 0. The Kier molecular flexibility index (Phi) is 7.18. The average molecular weight is 512 g/mol. The summed E-state index contributed by atoms with van der Waals surface area (Å²) in [5.41, 5.74) is 0.507. The Labute approximate surface area is 208 Å². The third-order valence-electron chi connectivity index (χ3n) is 5.13. The van der Waals surface area contributed by atoms with Crippen molar-refractivity contribution in [2.45, 2.75) is 13.1 Å². The quantitative estimate of drug-likeness (QED) is 0.256. The molecule has 0 aliphatic carbocycles. The third kappa shape index (κ3) is 6.10.